The minimum absolute atomic E-state index is 0.00404. The van der Waals surface area contributed by atoms with Crippen LogP contribution in [0.1, 0.15) is 46.4 Å². The molecule has 0 fully saturated rings. The molecule has 6 rings (SSSR count). The van der Waals surface area contributed by atoms with E-state index in [4.69, 9.17) is 0 Å². The number of benzene rings is 5. The topological polar surface area (TPSA) is 29.1 Å². The molecule has 168 valence electrons. The summed E-state index contributed by atoms with van der Waals surface area (Å²) >= 11 is 3.61. The second-order valence-electron chi connectivity index (χ2n) is 9.64. The van der Waals surface area contributed by atoms with Crippen LogP contribution in [-0.4, -0.2) is 5.91 Å². The second kappa shape index (κ2) is 8.25. The standard InChI is InChI=1S/C31H26BrNO/c1-18-7-11-27-28(14-13-26-25-12-10-24(32)17-23(25)15-19(2)29(26)27)30(18)33-31(34)22-9-8-20-5-3-4-6-21(20)16-22/h3-6,8-10,12-18,30H,7,11H2,1-2H3,(H,33,34). The van der Waals surface area contributed by atoms with Gasteiger partial charge in [-0.15, -0.1) is 0 Å². The van der Waals surface area contributed by atoms with E-state index in [9.17, 15) is 4.79 Å². The van der Waals surface area contributed by atoms with Gasteiger partial charge in [0.2, 0.25) is 0 Å². The van der Waals surface area contributed by atoms with Crippen molar-refractivity contribution in [3.63, 3.8) is 0 Å². The monoisotopic (exact) mass is 507 g/mol. The number of aryl methyl sites for hydroxylation is 2. The van der Waals surface area contributed by atoms with Crippen molar-refractivity contribution in [2.45, 2.75) is 32.7 Å². The van der Waals surface area contributed by atoms with Crippen molar-refractivity contribution in [1.82, 2.24) is 5.32 Å². The molecule has 0 spiro atoms. The van der Waals surface area contributed by atoms with E-state index in [2.05, 4.69) is 83.6 Å². The minimum atomic E-state index is -0.00404. The molecule has 5 aromatic carbocycles. The van der Waals surface area contributed by atoms with E-state index in [1.54, 1.807) is 0 Å². The van der Waals surface area contributed by atoms with E-state index in [-0.39, 0.29) is 11.9 Å². The van der Waals surface area contributed by atoms with Crippen LogP contribution in [0.5, 0.6) is 0 Å². The van der Waals surface area contributed by atoms with E-state index in [0.29, 0.717) is 11.5 Å². The van der Waals surface area contributed by atoms with Gasteiger partial charge >= 0.3 is 0 Å². The van der Waals surface area contributed by atoms with Crippen LogP contribution < -0.4 is 5.32 Å². The third-order valence-electron chi connectivity index (χ3n) is 7.47. The molecule has 5 aromatic rings. The molecule has 1 aliphatic rings. The number of hydrogen-bond acceptors (Lipinski definition) is 1. The van der Waals surface area contributed by atoms with Crippen LogP contribution in [0.2, 0.25) is 0 Å². The highest BCUT2D eigenvalue weighted by Gasteiger charge is 2.30. The highest BCUT2D eigenvalue weighted by atomic mass is 79.9. The van der Waals surface area contributed by atoms with Crippen molar-refractivity contribution < 1.29 is 4.79 Å². The Morgan fingerprint density at radius 3 is 2.53 bits per heavy atom. The number of carbonyl (C=O) groups is 1. The maximum atomic E-state index is 13.3. The lowest BCUT2D eigenvalue weighted by Gasteiger charge is -2.33. The molecule has 2 nitrogen and oxygen atoms in total. The van der Waals surface area contributed by atoms with Crippen LogP contribution in [0, 0.1) is 12.8 Å². The van der Waals surface area contributed by atoms with Gasteiger partial charge in [0.25, 0.3) is 5.91 Å². The summed E-state index contributed by atoms with van der Waals surface area (Å²) in [5, 5.41) is 10.8. The van der Waals surface area contributed by atoms with Gasteiger partial charge < -0.3 is 5.32 Å². The second-order valence-corrected chi connectivity index (χ2v) is 10.6. The number of hydrogen-bond donors (Lipinski definition) is 1. The Balaban J connectivity index is 1.43. The Kier molecular flexibility index (Phi) is 5.18. The quantitative estimate of drug-likeness (QED) is 0.239. The number of rotatable bonds is 2. The highest BCUT2D eigenvalue weighted by molar-refractivity contribution is 9.10. The van der Waals surface area contributed by atoms with E-state index in [1.165, 1.54) is 38.2 Å². The molecule has 1 aliphatic carbocycles. The predicted octanol–water partition coefficient (Wildman–Crippen LogP) is 8.27. The van der Waals surface area contributed by atoms with Gasteiger partial charge in [0.05, 0.1) is 6.04 Å². The number of amides is 1. The summed E-state index contributed by atoms with van der Waals surface area (Å²) < 4.78 is 1.10. The van der Waals surface area contributed by atoms with Crippen molar-refractivity contribution in [2.75, 3.05) is 0 Å². The first-order valence-corrected chi connectivity index (χ1v) is 12.7. The Labute approximate surface area is 208 Å². The number of halogens is 1. The summed E-state index contributed by atoms with van der Waals surface area (Å²) in [7, 11) is 0. The van der Waals surface area contributed by atoms with Gasteiger partial charge in [-0.25, -0.2) is 0 Å². The largest absolute Gasteiger partial charge is 0.345 e. The summed E-state index contributed by atoms with van der Waals surface area (Å²) in [5.74, 6) is 0.377. The third kappa shape index (κ3) is 3.50. The fraction of sp³-hybridized carbons (Fsp3) is 0.194. The maximum Gasteiger partial charge on any atom is 0.251 e. The van der Waals surface area contributed by atoms with Crippen molar-refractivity contribution in [1.29, 1.82) is 0 Å². The van der Waals surface area contributed by atoms with E-state index >= 15 is 0 Å². The number of nitrogens with one attached hydrogen (secondary N) is 1. The summed E-state index contributed by atoms with van der Waals surface area (Å²) in [4.78, 5) is 13.3. The maximum absolute atomic E-state index is 13.3. The molecule has 1 N–H and O–H groups in total. The Morgan fingerprint density at radius 2 is 1.68 bits per heavy atom. The van der Waals surface area contributed by atoms with Gasteiger partial charge in [0.1, 0.15) is 0 Å². The van der Waals surface area contributed by atoms with Crippen molar-refractivity contribution in [2.24, 2.45) is 5.92 Å². The fourth-order valence-electron chi connectivity index (χ4n) is 5.72. The van der Waals surface area contributed by atoms with Crippen LogP contribution in [0.3, 0.4) is 0 Å². The first-order chi connectivity index (χ1) is 16.5. The summed E-state index contributed by atoms with van der Waals surface area (Å²) in [6.45, 7) is 4.47. The fourth-order valence-corrected chi connectivity index (χ4v) is 6.10. The van der Waals surface area contributed by atoms with Crippen LogP contribution in [0.25, 0.3) is 32.3 Å². The molecular weight excluding hydrogens is 482 g/mol. The van der Waals surface area contributed by atoms with E-state index in [0.717, 1.165) is 28.1 Å². The Hall–Kier alpha value is -3.17. The van der Waals surface area contributed by atoms with E-state index < -0.39 is 0 Å². The summed E-state index contributed by atoms with van der Waals surface area (Å²) in [6.07, 6.45) is 2.10. The first kappa shape index (κ1) is 21.4. The lowest BCUT2D eigenvalue weighted by atomic mass is 9.77. The Bertz CT molecular complexity index is 1600. The SMILES string of the molecule is Cc1cc2cc(Br)ccc2c2ccc3c(c12)CCC(C)C3NC(=O)c1ccc2ccccc2c1. The van der Waals surface area contributed by atoms with Crippen LogP contribution in [-0.2, 0) is 6.42 Å². The minimum Gasteiger partial charge on any atom is -0.345 e. The van der Waals surface area contributed by atoms with Gasteiger partial charge in [-0.05, 0) is 99.0 Å². The van der Waals surface area contributed by atoms with Crippen molar-refractivity contribution >= 4 is 54.2 Å². The van der Waals surface area contributed by atoms with Crippen LogP contribution in [0.15, 0.2) is 83.3 Å². The normalized spacial score (nSPS) is 17.7. The van der Waals surface area contributed by atoms with Crippen LogP contribution >= 0.6 is 15.9 Å². The molecule has 0 aliphatic heterocycles. The summed E-state index contributed by atoms with van der Waals surface area (Å²) in [6, 6.07) is 27.4. The molecular formula is C31H26BrNO. The zero-order valence-electron chi connectivity index (χ0n) is 19.4. The molecule has 3 heteroatoms. The molecule has 0 saturated heterocycles. The van der Waals surface area contributed by atoms with Crippen LogP contribution in [0.4, 0.5) is 0 Å². The zero-order valence-corrected chi connectivity index (χ0v) is 20.9. The summed E-state index contributed by atoms with van der Waals surface area (Å²) in [5.41, 5.74) is 4.67. The van der Waals surface area contributed by atoms with Crippen molar-refractivity contribution in [3.8, 4) is 0 Å². The highest BCUT2D eigenvalue weighted by Crippen LogP contribution is 2.41. The van der Waals surface area contributed by atoms with Gasteiger partial charge in [-0.1, -0.05) is 77.5 Å². The molecule has 0 aromatic heterocycles. The molecule has 0 saturated carbocycles. The Morgan fingerprint density at radius 1 is 0.882 bits per heavy atom. The van der Waals surface area contributed by atoms with Gasteiger partial charge in [-0.3, -0.25) is 4.79 Å². The van der Waals surface area contributed by atoms with Gasteiger partial charge in [0.15, 0.2) is 0 Å². The molecule has 2 unspecified atom stereocenters. The smallest absolute Gasteiger partial charge is 0.251 e. The average molecular weight is 508 g/mol. The molecule has 34 heavy (non-hydrogen) atoms. The first-order valence-electron chi connectivity index (χ1n) is 11.9. The van der Waals surface area contributed by atoms with Crippen molar-refractivity contribution in [3.05, 3.63) is 106 Å². The number of fused-ring (bicyclic) bond motifs is 6. The zero-order chi connectivity index (χ0) is 23.4. The molecule has 0 heterocycles. The lowest BCUT2D eigenvalue weighted by Crippen LogP contribution is -2.35. The third-order valence-corrected chi connectivity index (χ3v) is 7.96. The molecule has 0 radical (unpaired) electrons. The molecule has 2 atom stereocenters. The van der Waals surface area contributed by atoms with Gasteiger partial charge in [-0.2, -0.15) is 0 Å². The predicted molar refractivity (Wildman–Crippen MR) is 146 cm³/mol. The number of carbonyl (C=O) groups excluding carboxylic acids is 1. The average Bonchev–Trinajstić information content (AvgIpc) is 2.84. The van der Waals surface area contributed by atoms with Gasteiger partial charge in [0, 0.05) is 10.0 Å². The molecule has 0 bridgehead atoms. The molecule has 1 amide bonds. The van der Waals surface area contributed by atoms with E-state index in [1.807, 2.05) is 30.3 Å². The lowest BCUT2D eigenvalue weighted by molar-refractivity contribution is 0.0919.